The van der Waals surface area contributed by atoms with Crippen LogP contribution in [0.4, 0.5) is 0 Å². The average molecular weight is 389 g/mol. The first-order valence-corrected chi connectivity index (χ1v) is 10.5. The number of aliphatic carboxylic acids is 1. The average Bonchev–Trinajstić information content (AvgIpc) is 2.97. The molecule has 1 aromatic rings. The molecule has 0 saturated heterocycles. The Morgan fingerprint density at radius 3 is 2.89 bits per heavy atom. The molecular formula is C23H32O5. The van der Waals surface area contributed by atoms with Crippen LogP contribution in [0, 0.1) is 17.8 Å². The van der Waals surface area contributed by atoms with Gasteiger partial charge in [-0.3, -0.25) is 0 Å². The highest BCUT2D eigenvalue weighted by Crippen LogP contribution is 2.47. The van der Waals surface area contributed by atoms with Crippen LogP contribution in [0.25, 0.3) is 0 Å². The molecule has 1 saturated carbocycles. The van der Waals surface area contributed by atoms with Crippen molar-refractivity contribution in [2.45, 2.75) is 64.1 Å². The van der Waals surface area contributed by atoms with Crippen molar-refractivity contribution in [1.29, 1.82) is 0 Å². The molecule has 0 radical (unpaired) electrons. The topological polar surface area (TPSA) is 87.0 Å². The third-order valence-corrected chi connectivity index (χ3v) is 6.25. The molecule has 1 aromatic carbocycles. The Bertz CT molecular complexity index is 698. The summed E-state index contributed by atoms with van der Waals surface area (Å²) in [6.45, 7) is 1.81. The minimum absolute atomic E-state index is 0.0579. The van der Waals surface area contributed by atoms with Gasteiger partial charge in [-0.1, -0.05) is 50.5 Å². The number of hydrogen-bond donors (Lipinski definition) is 3. The van der Waals surface area contributed by atoms with Crippen molar-refractivity contribution < 1.29 is 24.9 Å². The van der Waals surface area contributed by atoms with Crippen LogP contribution in [0.5, 0.6) is 5.75 Å². The van der Waals surface area contributed by atoms with Crippen molar-refractivity contribution in [3.63, 3.8) is 0 Å². The van der Waals surface area contributed by atoms with E-state index in [1.807, 2.05) is 24.3 Å². The van der Waals surface area contributed by atoms with Crippen LogP contribution in [0.3, 0.4) is 0 Å². The van der Waals surface area contributed by atoms with E-state index >= 15 is 0 Å². The highest BCUT2D eigenvalue weighted by molar-refractivity contribution is 5.68. The maximum absolute atomic E-state index is 10.8. The summed E-state index contributed by atoms with van der Waals surface area (Å²) < 4.78 is 5.48. The number of benzene rings is 1. The number of unbranched alkanes of at least 4 members (excludes halogenated alkanes) is 2. The van der Waals surface area contributed by atoms with Crippen molar-refractivity contribution in [1.82, 2.24) is 0 Å². The number of hydrogen-bond acceptors (Lipinski definition) is 4. The number of carbonyl (C=O) groups is 1. The predicted molar refractivity (Wildman–Crippen MR) is 107 cm³/mol. The van der Waals surface area contributed by atoms with Gasteiger partial charge >= 0.3 is 5.97 Å². The van der Waals surface area contributed by atoms with Crippen LogP contribution < -0.4 is 4.74 Å². The SMILES string of the molecule is CCCCC[C@H](O)C=C[C@@H]1[C@H]2Cc3cccc(OCC(=O)O)c3C[C@H]2C[C@H]1O. The summed E-state index contributed by atoms with van der Waals surface area (Å²) in [6, 6.07) is 5.81. The van der Waals surface area contributed by atoms with Crippen molar-refractivity contribution >= 4 is 5.97 Å². The molecule has 0 aliphatic heterocycles. The standard InChI is InChI=1S/C23H32O5/c1-2-3-4-7-17(24)9-10-18-19-11-15-6-5-8-22(28-14-23(26)27)20(15)12-16(19)13-21(18)25/h5-6,8-10,16-19,21,24-25H,2-4,7,11-14H2,1H3,(H,26,27)/t16-,17-,18+,19-,21+/m0/s1. The van der Waals surface area contributed by atoms with Gasteiger partial charge in [-0.25, -0.2) is 4.79 Å². The predicted octanol–water partition coefficient (Wildman–Crippen LogP) is 3.36. The van der Waals surface area contributed by atoms with Gasteiger partial charge in [0.15, 0.2) is 6.61 Å². The van der Waals surface area contributed by atoms with E-state index in [2.05, 4.69) is 13.0 Å². The first kappa shape index (κ1) is 20.9. The van der Waals surface area contributed by atoms with Crippen molar-refractivity contribution in [3.8, 4) is 5.75 Å². The van der Waals surface area contributed by atoms with Crippen molar-refractivity contribution in [2.75, 3.05) is 6.61 Å². The van der Waals surface area contributed by atoms with E-state index in [-0.39, 0.29) is 12.5 Å². The Morgan fingerprint density at radius 2 is 2.14 bits per heavy atom. The Labute approximate surface area is 167 Å². The molecule has 1 fully saturated rings. The maximum atomic E-state index is 10.8. The lowest BCUT2D eigenvalue weighted by molar-refractivity contribution is -0.139. The zero-order valence-corrected chi connectivity index (χ0v) is 16.6. The zero-order valence-electron chi connectivity index (χ0n) is 16.6. The zero-order chi connectivity index (χ0) is 20.1. The van der Waals surface area contributed by atoms with E-state index in [1.54, 1.807) is 0 Å². The number of fused-ring (bicyclic) bond motifs is 2. The Balaban J connectivity index is 1.69. The fourth-order valence-corrected chi connectivity index (χ4v) is 4.83. The summed E-state index contributed by atoms with van der Waals surface area (Å²) >= 11 is 0. The highest BCUT2D eigenvalue weighted by atomic mass is 16.5. The molecule has 0 bridgehead atoms. The van der Waals surface area contributed by atoms with E-state index in [0.29, 0.717) is 17.6 Å². The first-order valence-electron chi connectivity index (χ1n) is 10.5. The number of aliphatic hydroxyl groups excluding tert-OH is 2. The fourth-order valence-electron chi connectivity index (χ4n) is 4.83. The van der Waals surface area contributed by atoms with Crippen LogP contribution in [0.1, 0.15) is 50.2 Å². The molecule has 2 aliphatic rings. The smallest absolute Gasteiger partial charge is 0.341 e. The molecule has 0 aromatic heterocycles. The third-order valence-electron chi connectivity index (χ3n) is 6.25. The molecule has 0 spiro atoms. The van der Waals surface area contributed by atoms with Crippen molar-refractivity contribution in [2.24, 2.45) is 17.8 Å². The minimum Gasteiger partial charge on any atom is -0.482 e. The van der Waals surface area contributed by atoms with Gasteiger partial charge in [-0.05, 0) is 54.7 Å². The van der Waals surface area contributed by atoms with Crippen LogP contribution in [0.15, 0.2) is 30.4 Å². The summed E-state index contributed by atoms with van der Waals surface area (Å²) in [7, 11) is 0. The van der Waals surface area contributed by atoms with Gasteiger partial charge in [0.25, 0.3) is 0 Å². The van der Waals surface area contributed by atoms with Crippen LogP contribution in [-0.2, 0) is 17.6 Å². The molecule has 0 unspecified atom stereocenters. The van der Waals surface area contributed by atoms with Gasteiger partial charge in [0.1, 0.15) is 5.75 Å². The quantitative estimate of drug-likeness (QED) is 0.446. The van der Waals surface area contributed by atoms with Crippen LogP contribution in [0.2, 0.25) is 0 Å². The second-order valence-electron chi connectivity index (χ2n) is 8.24. The highest BCUT2D eigenvalue weighted by Gasteiger charge is 2.44. The van der Waals surface area contributed by atoms with E-state index in [9.17, 15) is 15.0 Å². The first-order chi connectivity index (χ1) is 13.5. The molecule has 0 heterocycles. The molecule has 3 rings (SSSR count). The van der Waals surface area contributed by atoms with Crippen LogP contribution >= 0.6 is 0 Å². The largest absolute Gasteiger partial charge is 0.482 e. The minimum atomic E-state index is -0.981. The van der Waals surface area contributed by atoms with Gasteiger partial charge < -0.3 is 20.1 Å². The molecule has 0 amide bonds. The van der Waals surface area contributed by atoms with Gasteiger partial charge in [0.2, 0.25) is 0 Å². The van der Waals surface area contributed by atoms with Gasteiger partial charge in [-0.15, -0.1) is 0 Å². The number of carboxylic acids is 1. The second-order valence-corrected chi connectivity index (χ2v) is 8.24. The molecule has 5 nitrogen and oxygen atoms in total. The Morgan fingerprint density at radius 1 is 1.32 bits per heavy atom. The second kappa shape index (κ2) is 9.57. The molecule has 28 heavy (non-hydrogen) atoms. The van der Waals surface area contributed by atoms with Crippen LogP contribution in [-0.4, -0.2) is 40.1 Å². The third kappa shape index (κ3) is 4.95. The van der Waals surface area contributed by atoms with E-state index in [0.717, 1.165) is 50.5 Å². The van der Waals surface area contributed by atoms with Gasteiger partial charge in [0, 0.05) is 5.92 Å². The van der Waals surface area contributed by atoms with Gasteiger partial charge in [-0.2, -0.15) is 0 Å². The monoisotopic (exact) mass is 388 g/mol. The van der Waals surface area contributed by atoms with E-state index < -0.39 is 18.2 Å². The Hall–Kier alpha value is -1.85. The summed E-state index contributed by atoms with van der Waals surface area (Å²) in [5.41, 5.74) is 2.27. The summed E-state index contributed by atoms with van der Waals surface area (Å²) in [5.74, 6) is 0.422. The maximum Gasteiger partial charge on any atom is 0.341 e. The molecule has 154 valence electrons. The molecule has 5 atom stereocenters. The molecule has 2 aliphatic carbocycles. The Kier molecular flexibility index (Phi) is 7.13. The number of rotatable bonds is 9. The van der Waals surface area contributed by atoms with Crippen molar-refractivity contribution in [3.05, 3.63) is 41.5 Å². The lowest BCUT2D eigenvalue weighted by Gasteiger charge is -2.31. The summed E-state index contributed by atoms with van der Waals surface area (Å²) in [4.78, 5) is 10.8. The number of ether oxygens (including phenoxy) is 1. The van der Waals surface area contributed by atoms with Gasteiger partial charge in [0.05, 0.1) is 12.2 Å². The molecular weight excluding hydrogens is 356 g/mol. The fraction of sp³-hybridized carbons (Fsp3) is 0.609. The number of carboxylic acid groups (broad SMARTS) is 1. The molecule has 5 heteroatoms. The van der Waals surface area contributed by atoms with E-state index in [1.165, 1.54) is 5.56 Å². The normalized spacial score (nSPS) is 27.4. The lowest BCUT2D eigenvalue weighted by Crippen LogP contribution is -2.26. The van der Waals surface area contributed by atoms with E-state index in [4.69, 9.17) is 9.84 Å². The molecule has 3 N–H and O–H groups in total. The summed E-state index contributed by atoms with van der Waals surface area (Å²) in [5, 5.41) is 29.7. The summed E-state index contributed by atoms with van der Waals surface area (Å²) in [6.07, 6.45) is 9.51. The lowest BCUT2D eigenvalue weighted by atomic mass is 9.74. The number of aliphatic hydroxyl groups is 2.